The molecule has 0 saturated carbocycles. The van der Waals surface area contributed by atoms with Gasteiger partial charge in [0, 0.05) is 30.6 Å². The minimum absolute atomic E-state index is 0.794. The standard InChI is InChI=1S/C11H16N2S/c1-4-12-7-10(1)13-5-2-11-9(8-13)3-6-14-11/h3,6,10,12H,1-2,4-5,7-8H2. The van der Waals surface area contributed by atoms with Gasteiger partial charge in [-0.15, -0.1) is 11.3 Å². The number of thiophene rings is 1. The molecule has 3 rings (SSSR count). The molecular formula is C11H16N2S. The van der Waals surface area contributed by atoms with E-state index >= 15 is 0 Å². The van der Waals surface area contributed by atoms with E-state index in [1.165, 1.54) is 39.0 Å². The minimum atomic E-state index is 0.794. The molecule has 3 heteroatoms. The maximum atomic E-state index is 3.45. The number of nitrogens with zero attached hydrogens (tertiary/aromatic N) is 1. The second kappa shape index (κ2) is 3.65. The average Bonchev–Trinajstić information content (AvgIpc) is 2.88. The zero-order chi connectivity index (χ0) is 9.38. The second-order valence-corrected chi connectivity index (χ2v) is 5.24. The molecule has 14 heavy (non-hydrogen) atoms. The van der Waals surface area contributed by atoms with Crippen LogP contribution in [0.15, 0.2) is 11.4 Å². The lowest BCUT2D eigenvalue weighted by atomic mass is 10.1. The van der Waals surface area contributed by atoms with Gasteiger partial charge in [0.1, 0.15) is 0 Å². The van der Waals surface area contributed by atoms with Crippen molar-refractivity contribution in [2.45, 2.75) is 25.4 Å². The largest absolute Gasteiger partial charge is 0.315 e. The molecule has 1 atom stereocenters. The smallest absolute Gasteiger partial charge is 0.0248 e. The van der Waals surface area contributed by atoms with Crippen molar-refractivity contribution in [3.63, 3.8) is 0 Å². The summed E-state index contributed by atoms with van der Waals surface area (Å²) < 4.78 is 0. The normalized spacial score (nSPS) is 27.9. The fraction of sp³-hybridized carbons (Fsp3) is 0.636. The van der Waals surface area contributed by atoms with E-state index in [0.717, 1.165) is 6.04 Å². The van der Waals surface area contributed by atoms with Gasteiger partial charge >= 0.3 is 0 Å². The lowest BCUT2D eigenvalue weighted by Gasteiger charge is -2.31. The van der Waals surface area contributed by atoms with Gasteiger partial charge in [0.15, 0.2) is 0 Å². The van der Waals surface area contributed by atoms with Crippen LogP contribution in [0.2, 0.25) is 0 Å². The number of hydrogen-bond acceptors (Lipinski definition) is 3. The molecule has 0 aliphatic carbocycles. The van der Waals surface area contributed by atoms with Crippen molar-refractivity contribution < 1.29 is 0 Å². The molecule has 0 amide bonds. The van der Waals surface area contributed by atoms with Crippen LogP contribution in [-0.2, 0) is 13.0 Å². The molecule has 1 saturated heterocycles. The molecule has 2 aliphatic heterocycles. The zero-order valence-electron chi connectivity index (χ0n) is 8.33. The van der Waals surface area contributed by atoms with Crippen molar-refractivity contribution in [3.8, 4) is 0 Å². The number of fused-ring (bicyclic) bond motifs is 1. The summed E-state index contributed by atoms with van der Waals surface area (Å²) in [5.74, 6) is 0. The SMILES string of the molecule is c1cc2c(s1)CCN(C1CCNC1)C2. The lowest BCUT2D eigenvalue weighted by molar-refractivity contribution is 0.192. The van der Waals surface area contributed by atoms with Crippen molar-refractivity contribution in [1.82, 2.24) is 10.2 Å². The molecule has 1 fully saturated rings. The quantitative estimate of drug-likeness (QED) is 0.752. The number of rotatable bonds is 1. The van der Waals surface area contributed by atoms with Crippen molar-refractivity contribution in [2.75, 3.05) is 19.6 Å². The van der Waals surface area contributed by atoms with Crippen molar-refractivity contribution in [1.29, 1.82) is 0 Å². The van der Waals surface area contributed by atoms with E-state index in [1.807, 2.05) is 11.3 Å². The molecule has 0 aromatic carbocycles. The summed E-state index contributed by atoms with van der Waals surface area (Å²) >= 11 is 1.93. The molecule has 0 spiro atoms. The van der Waals surface area contributed by atoms with Gasteiger partial charge in [0.05, 0.1) is 0 Å². The Hall–Kier alpha value is -0.380. The van der Waals surface area contributed by atoms with Gasteiger partial charge in [-0.2, -0.15) is 0 Å². The lowest BCUT2D eigenvalue weighted by Crippen LogP contribution is -2.39. The maximum absolute atomic E-state index is 3.45. The van der Waals surface area contributed by atoms with E-state index in [1.54, 1.807) is 10.4 Å². The van der Waals surface area contributed by atoms with Gasteiger partial charge in [-0.3, -0.25) is 4.90 Å². The molecule has 0 radical (unpaired) electrons. The summed E-state index contributed by atoms with van der Waals surface area (Å²) in [6.45, 7) is 4.85. The third kappa shape index (κ3) is 1.49. The zero-order valence-corrected chi connectivity index (χ0v) is 9.15. The number of hydrogen-bond donors (Lipinski definition) is 1. The Kier molecular flexibility index (Phi) is 2.32. The third-order valence-corrected chi connectivity index (χ3v) is 4.41. The van der Waals surface area contributed by atoms with Crippen molar-refractivity contribution in [3.05, 3.63) is 21.9 Å². The maximum Gasteiger partial charge on any atom is 0.0248 e. The Morgan fingerprint density at radius 2 is 2.50 bits per heavy atom. The molecule has 1 aromatic heterocycles. The van der Waals surface area contributed by atoms with E-state index in [9.17, 15) is 0 Å². The van der Waals surface area contributed by atoms with Gasteiger partial charge in [-0.1, -0.05) is 0 Å². The Labute approximate surface area is 88.9 Å². The monoisotopic (exact) mass is 208 g/mol. The summed E-state index contributed by atoms with van der Waals surface area (Å²) in [5, 5.41) is 5.69. The van der Waals surface area contributed by atoms with Crippen LogP contribution >= 0.6 is 11.3 Å². The highest BCUT2D eigenvalue weighted by molar-refractivity contribution is 7.10. The van der Waals surface area contributed by atoms with Crippen LogP contribution < -0.4 is 5.32 Å². The fourth-order valence-electron chi connectivity index (χ4n) is 2.53. The predicted octanol–water partition coefficient (Wildman–Crippen LogP) is 1.47. The third-order valence-electron chi connectivity index (χ3n) is 3.39. The van der Waals surface area contributed by atoms with E-state index < -0.39 is 0 Å². The first-order valence-electron chi connectivity index (χ1n) is 5.43. The van der Waals surface area contributed by atoms with Crippen LogP contribution in [0.4, 0.5) is 0 Å². The molecule has 76 valence electrons. The molecule has 2 nitrogen and oxygen atoms in total. The van der Waals surface area contributed by atoms with Crippen molar-refractivity contribution in [2.24, 2.45) is 0 Å². The number of nitrogens with one attached hydrogen (secondary N) is 1. The Morgan fingerprint density at radius 3 is 3.36 bits per heavy atom. The minimum Gasteiger partial charge on any atom is -0.315 e. The summed E-state index contributed by atoms with van der Waals surface area (Å²) in [5.41, 5.74) is 1.58. The van der Waals surface area contributed by atoms with Gasteiger partial charge in [0.2, 0.25) is 0 Å². The molecule has 1 aromatic rings. The van der Waals surface area contributed by atoms with Gasteiger partial charge in [0.25, 0.3) is 0 Å². The average molecular weight is 208 g/mol. The molecule has 2 aliphatic rings. The van der Waals surface area contributed by atoms with E-state index in [0.29, 0.717) is 0 Å². The van der Waals surface area contributed by atoms with Crippen LogP contribution in [0.5, 0.6) is 0 Å². The first-order valence-corrected chi connectivity index (χ1v) is 6.31. The van der Waals surface area contributed by atoms with E-state index in [2.05, 4.69) is 21.7 Å². The molecule has 0 bridgehead atoms. The highest BCUT2D eigenvalue weighted by Crippen LogP contribution is 2.26. The second-order valence-electron chi connectivity index (χ2n) is 4.24. The van der Waals surface area contributed by atoms with Gasteiger partial charge in [-0.05, 0) is 36.4 Å². The van der Waals surface area contributed by atoms with Crippen LogP contribution in [0.25, 0.3) is 0 Å². The molecule has 1 N–H and O–H groups in total. The first kappa shape index (κ1) is 8.89. The highest BCUT2D eigenvalue weighted by atomic mass is 32.1. The molecule has 1 unspecified atom stereocenters. The summed E-state index contributed by atoms with van der Waals surface area (Å²) in [6, 6.07) is 3.09. The Balaban J connectivity index is 1.74. The first-order chi connectivity index (χ1) is 6.93. The van der Waals surface area contributed by atoms with Crippen LogP contribution in [0, 0.1) is 0 Å². The van der Waals surface area contributed by atoms with E-state index in [4.69, 9.17) is 0 Å². The summed E-state index contributed by atoms with van der Waals surface area (Å²) in [6.07, 6.45) is 2.60. The molecule has 3 heterocycles. The van der Waals surface area contributed by atoms with Gasteiger partial charge in [-0.25, -0.2) is 0 Å². The summed E-state index contributed by atoms with van der Waals surface area (Å²) in [7, 11) is 0. The Morgan fingerprint density at radius 1 is 1.50 bits per heavy atom. The molecular weight excluding hydrogens is 192 g/mol. The van der Waals surface area contributed by atoms with Crippen LogP contribution in [0.3, 0.4) is 0 Å². The fourth-order valence-corrected chi connectivity index (χ4v) is 3.42. The van der Waals surface area contributed by atoms with Crippen molar-refractivity contribution >= 4 is 11.3 Å². The van der Waals surface area contributed by atoms with Gasteiger partial charge < -0.3 is 5.32 Å². The van der Waals surface area contributed by atoms with Crippen LogP contribution in [0.1, 0.15) is 16.9 Å². The highest BCUT2D eigenvalue weighted by Gasteiger charge is 2.25. The van der Waals surface area contributed by atoms with Crippen LogP contribution in [-0.4, -0.2) is 30.6 Å². The van der Waals surface area contributed by atoms with E-state index in [-0.39, 0.29) is 0 Å². The topological polar surface area (TPSA) is 15.3 Å². The predicted molar refractivity (Wildman–Crippen MR) is 59.7 cm³/mol. The Bertz CT molecular complexity index is 315. The summed E-state index contributed by atoms with van der Waals surface area (Å²) in [4.78, 5) is 4.27.